The Balaban J connectivity index is 1.86. The number of fused-ring (bicyclic) bond motifs is 1. The van der Waals surface area contributed by atoms with Crippen molar-refractivity contribution in [2.24, 2.45) is 5.92 Å². The van der Waals surface area contributed by atoms with E-state index in [9.17, 15) is 0 Å². The maximum Gasteiger partial charge on any atom is 0.135 e. The van der Waals surface area contributed by atoms with Crippen molar-refractivity contribution in [2.45, 2.75) is 19.3 Å². The van der Waals surface area contributed by atoms with E-state index in [0.29, 0.717) is 0 Å². The highest BCUT2D eigenvalue weighted by molar-refractivity contribution is 5.48. The van der Waals surface area contributed by atoms with E-state index in [1.165, 1.54) is 12.8 Å². The highest BCUT2D eigenvalue weighted by Gasteiger charge is 2.16. The lowest BCUT2D eigenvalue weighted by Crippen LogP contribution is -2.29. The fourth-order valence-electron chi connectivity index (χ4n) is 2.64. The van der Waals surface area contributed by atoms with Crippen LogP contribution in [0.1, 0.15) is 18.7 Å². The van der Waals surface area contributed by atoms with Gasteiger partial charge in [0.15, 0.2) is 0 Å². The van der Waals surface area contributed by atoms with Crippen molar-refractivity contribution >= 4 is 5.52 Å². The highest BCUT2D eigenvalue weighted by atomic mass is 16.5. The van der Waals surface area contributed by atoms with Gasteiger partial charge in [0.25, 0.3) is 0 Å². The number of ether oxygens (including phenoxy) is 1. The number of hydrogen-bond acceptors (Lipinski definition) is 3. The van der Waals surface area contributed by atoms with E-state index in [1.54, 1.807) is 7.11 Å². The Morgan fingerprint density at radius 3 is 3.00 bits per heavy atom. The van der Waals surface area contributed by atoms with Gasteiger partial charge in [-0.05, 0) is 44.0 Å². The Morgan fingerprint density at radius 1 is 1.39 bits per heavy atom. The smallest absolute Gasteiger partial charge is 0.135 e. The molecular formula is C14H19N3O. The Kier molecular flexibility index (Phi) is 3.19. The average molecular weight is 245 g/mol. The first-order valence-corrected chi connectivity index (χ1v) is 6.57. The number of nitrogens with one attached hydrogen (secondary N) is 1. The van der Waals surface area contributed by atoms with Crippen molar-refractivity contribution in [3.8, 4) is 5.75 Å². The molecule has 0 amide bonds. The number of aromatic nitrogens is 2. The molecule has 0 bridgehead atoms. The molecule has 0 atom stereocenters. The minimum Gasteiger partial charge on any atom is -0.495 e. The molecule has 0 aliphatic carbocycles. The molecule has 0 saturated carbocycles. The molecular weight excluding hydrogens is 226 g/mol. The molecule has 96 valence electrons. The van der Waals surface area contributed by atoms with Crippen molar-refractivity contribution in [1.29, 1.82) is 0 Å². The summed E-state index contributed by atoms with van der Waals surface area (Å²) < 4.78 is 7.43. The summed E-state index contributed by atoms with van der Waals surface area (Å²) >= 11 is 0. The van der Waals surface area contributed by atoms with Gasteiger partial charge in [-0.25, -0.2) is 4.98 Å². The van der Waals surface area contributed by atoms with Crippen LogP contribution in [0.3, 0.4) is 0 Å². The second-order valence-corrected chi connectivity index (χ2v) is 4.94. The lowest BCUT2D eigenvalue weighted by molar-refractivity contribution is 0.366. The lowest BCUT2D eigenvalue weighted by Gasteiger charge is -2.21. The fourth-order valence-corrected chi connectivity index (χ4v) is 2.64. The van der Waals surface area contributed by atoms with Gasteiger partial charge in [0.1, 0.15) is 11.6 Å². The van der Waals surface area contributed by atoms with Crippen LogP contribution in [0.4, 0.5) is 0 Å². The maximum atomic E-state index is 5.28. The van der Waals surface area contributed by atoms with Crippen LogP contribution in [0, 0.1) is 5.92 Å². The zero-order valence-electron chi connectivity index (χ0n) is 10.7. The molecule has 2 aromatic rings. The molecule has 0 radical (unpaired) electrons. The van der Waals surface area contributed by atoms with Crippen LogP contribution in [0.2, 0.25) is 0 Å². The summed E-state index contributed by atoms with van der Waals surface area (Å²) in [5, 5.41) is 3.40. The zero-order valence-corrected chi connectivity index (χ0v) is 10.7. The molecule has 1 aliphatic heterocycles. The number of piperidine rings is 1. The molecule has 4 nitrogen and oxygen atoms in total. The maximum absolute atomic E-state index is 5.28. The number of pyridine rings is 1. The van der Waals surface area contributed by atoms with Crippen molar-refractivity contribution < 1.29 is 4.74 Å². The fraction of sp³-hybridized carbons (Fsp3) is 0.500. The van der Waals surface area contributed by atoms with Crippen LogP contribution in [-0.2, 0) is 6.42 Å². The quantitative estimate of drug-likeness (QED) is 0.897. The molecule has 0 spiro atoms. The van der Waals surface area contributed by atoms with E-state index in [0.717, 1.165) is 42.5 Å². The first kappa shape index (κ1) is 11.5. The first-order chi connectivity index (χ1) is 8.86. The van der Waals surface area contributed by atoms with Crippen LogP contribution in [-0.4, -0.2) is 29.6 Å². The van der Waals surface area contributed by atoms with Crippen LogP contribution in [0.15, 0.2) is 24.5 Å². The van der Waals surface area contributed by atoms with Crippen LogP contribution in [0.5, 0.6) is 5.75 Å². The van der Waals surface area contributed by atoms with E-state index in [2.05, 4.69) is 20.8 Å². The molecule has 1 aliphatic rings. The number of nitrogens with zero attached hydrogens (tertiary/aromatic N) is 2. The van der Waals surface area contributed by atoms with E-state index in [4.69, 9.17) is 4.74 Å². The summed E-state index contributed by atoms with van der Waals surface area (Å²) in [7, 11) is 1.70. The van der Waals surface area contributed by atoms with Gasteiger partial charge in [-0.15, -0.1) is 0 Å². The third-order valence-electron chi connectivity index (χ3n) is 3.74. The molecule has 4 heteroatoms. The summed E-state index contributed by atoms with van der Waals surface area (Å²) in [4.78, 5) is 4.55. The van der Waals surface area contributed by atoms with E-state index in [-0.39, 0.29) is 0 Å². The predicted octanol–water partition coefficient (Wildman–Crippen LogP) is 1.89. The van der Waals surface area contributed by atoms with E-state index in [1.807, 2.05) is 18.5 Å². The highest BCUT2D eigenvalue weighted by Crippen LogP contribution is 2.20. The van der Waals surface area contributed by atoms with Gasteiger partial charge in [0.05, 0.1) is 25.0 Å². The molecule has 1 fully saturated rings. The third-order valence-corrected chi connectivity index (χ3v) is 3.74. The third kappa shape index (κ3) is 2.20. The summed E-state index contributed by atoms with van der Waals surface area (Å²) in [5.74, 6) is 2.78. The minimum atomic E-state index is 0.753. The largest absolute Gasteiger partial charge is 0.495 e. The van der Waals surface area contributed by atoms with E-state index < -0.39 is 0 Å². The topological polar surface area (TPSA) is 38.6 Å². The summed E-state index contributed by atoms with van der Waals surface area (Å²) in [6, 6.07) is 4.03. The normalized spacial score (nSPS) is 17.2. The Morgan fingerprint density at radius 2 is 2.22 bits per heavy atom. The van der Waals surface area contributed by atoms with Gasteiger partial charge in [0, 0.05) is 6.42 Å². The molecule has 0 aromatic carbocycles. The van der Waals surface area contributed by atoms with Crippen molar-refractivity contribution in [2.75, 3.05) is 20.2 Å². The van der Waals surface area contributed by atoms with Crippen molar-refractivity contribution in [3.63, 3.8) is 0 Å². The van der Waals surface area contributed by atoms with Crippen LogP contribution in [0.25, 0.3) is 5.52 Å². The first-order valence-electron chi connectivity index (χ1n) is 6.57. The number of imidazole rings is 1. The number of methoxy groups -OCH3 is 1. The molecule has 3 heterocycles. The SMILES string of the molecule is COc1ccc2cnc(CC3CCNCC3)n2c1. The van der Waals surface area contributed by atoms with Crippen molar-refractivity contribution in [3.05, 3.63) is 30.4 Å². The second kappa shape index (κ2) is 4.98. The molecule has 0 unspecified atom stereocenters. The lowest BCUT2D eigenvalue weighted by atomic mass is 9.94. The van der Waals surface area contributed by atoms with Gasteiger partial charge in [-0.2, -0.15) is 0 Å². The molecule has 2 aromatic heterocycles. The van der Waals surface area contributed by atoms with Gasteiger partial charge < -0.3 is 14.5 Å². The molecule has 18 heavy (non-hydrogen) atoms. The predicted molar refractivity (Wildman–Crippen MR) is 71.0 cm³/mol. The minimum absolute atomic E-state index is 0.753. The molecule has 3 rings (SSSR count). The standard InChI is InChI=1S/C14H19N3O/c1-18-13-3-2-12-9-16-14(17(12)10-13)8-11-4-6-15-7-5-11/h2-3,9-11,15H,4-8H2,1H3. The number of hydrogen-bond donors (Lipinski definition) is 1. The monoisotopic (exact) mass is 245 g/mol. The Hall–Kier alpha value is -1.55. The van der Waals surface area contributed by atoms with Gasteiger partial charge >= 0.3 is 0 Å². The average Bonchev–Trinajstić information content (AvgIpc) is 2.82. The van der Waals surface area contributed by atoms with Crippen LogP contribution >= 0.6 is 0 Å². The van der Waals surface area contributed by atoms with Gasteiger partial charge in [-0.1, -0.05) is 0 Å². The van der Waals surface area contributed by atoms with Gasteiger partial charge in [-0.3, -0.25) is 0 Å². The van der Waals surface area contributed by atoms with Crippen LogP contribution < -0.4 is 10.1 Å². The molecule has 1 saturated heterocycles. The Bertz CT molecular complexity index is 529. The van der Waals surface area contributed by atoms with Gasteiger partial charge in [0.2, 0.25) is 0 Å². The summed E-state index contributed by atoms with van der Waals surface area (Å²) in [6.45, 7) is 2.27. The summed E-state index contributed by atoms with van der Waals surface area (Å²) in [5.41, 5.74) is 1.14. The van der Waals surface area contributed by atoms with Crippen molar-refractivity contribution in [1.82, 2.24) is 14.7 Å². The zero-order chi connectivity index (χ0) is 12.4. The Labute approximate surface area is 107 Å². The second-order valence-electron chi connectivity index (χ2n) is 4.94. The molecule has 1 N–H and O–H groups in total. The summed E-state index contributed by atoms with van der Waals surface area (Å²) in [6.07, 6.45) is 7.52. The number of rotatable bonds is 3. The van der Waals surface area contributed by atoms with E-state index >= 15 is 0 Å².